The monoisotopic (exact) mass is 363 g/mol. The summed E-state index contributed by atoms with van der Waals surface area (Å²) in [7, 11) is 1.79. The number of benzene rings is 1. The fourth-order valence-corrected chi connectivity index (χ4v) is 2.71. The highest BCUT2D eigenvalue weighted by Gasteiger charge is 2.19. The number of nitrogens with zero attached hydrogens (tertiary/aromatic N) is 2. The van der Waals surface area contributed by atoms with Crippen LogP contribution in [0.1, 0.15) is 15.9 Å². The lowest BCUT2D eigenvalue weighted by Gasteiger charge is -2.07. The van der Waals surface area contributed by atoms with Gasteiger partial charge < -0.3 is 10.3 Å². The summed E-state index contributed by atoms with van der Waals surface area (Å²) in [6, 6.07) is 8.86. The van der Waals surface area contributed by atoms with Gasteiger partial charge in [-0.25, -0.2) is 4.98 Å². The second-order valence-electron chi connectivity index (χ2n) is 4.69. The highest BCUT2D eigenvalue weighted by molar-refractivity contribution is 9.10. The van der Waals surface area contributed by atoms with Crippen molar-refractivity contribution in [2.75, 3.05) is 5.73 Å². The average molecular weight is 365 g/mol. The van der Waals surface area contributed by atoms with Crippen LogP contribution in [0.25, 0.3) is 11.0 Å². The van der Waals surface area contributed by atoms with Gasteiger partial charge in [0.05, 0.1) is 17.4 Å². The van der Waals surface area contributed by atoms with E-state index in [1.807, 2.05) is 12.1 Å². The maximum atomic E-state index is 12.7. The summed E-state index contributed by atoms with van der Waals surface area (Å²) in [6.07, 6.45) is 1.49. The van der Waals surface area contributed by atoms with Gasteiger partial charge in [-0.05, 0) is 30.3 Å². The minimum Gasteiger partial charge on any atom is -0.397 e. The minimum atomic E-state index is -0.144. The van der Waals surface area contributed by atoms with Crippen molar-refractivity contribution in [1.29, 1.82) is 0 Å². The summed E-state index contributed by atoms with van der Waals surface area (Å²) in [5, 5.41) is 1.17. The lowest BCUT2D eigenvalue weighted by molar-refractivity contribution is 0.104. The number of carbonyl (C=O) groups excluding carboxylic acids is 1. The molecule has 106 valence electrons. The summed E-state index contributed by atoms with van der Waals surface area (Å²) < 4.78 is 2.63. The van der Waals surface area contributed by atoms with E-state index in [4.69, 9.17) is 17.3 Å². The Morgan fingerprint density at radius 2 is 2.00 bits per heavy atom. The van der Waals surface area contributed by atoms with Gasteiger partial charge in [0.1, 0.15) is 10.8 Å². The number of pyridine rings is 1. The fraction of sp³-hybridized carbons (Fsp3) is 0.0667. The molecule has 4 nitrogen and oxygen atoms in total. The molecule has 0 saturated heterocycles. The third kappa shape index (κ3) is 2.32. The summed E-state index contributed by atoms with van der Waals surface area (Å²) in [4.78, 5) is 17.0. The first kappa shape index (κ1) is 14.1. The zero-order valence-electron chi connectivity index (χ0n) is 11.1. The first-order valence-corrected chi connectivity index (χ1v) is 7.36. The maximum absolute atomic E-state index is 12.7. The first-order valence-electron chi connectivity index (χ1n) is 6.18. The van der Waals surface area contributed by atoms with Gasteiger partial charge in [-0.2, -0.15) is 0 Å². The van der Waals surface area contributed by atoms with Crippen molar-refractivity contribution >= 4 is 50.0 Å². The molecule has 0 atom stereocenters. The predicted octanol–water partition coefficient (Wildman–Crippen LogP) is 3.80. The molecule has 0 unspecified atom stereocenters. The molecule has 0 fully saturated rings. The van der Waals surface area contributed by atoms with E-state index in [1.54, 1.807) is 29.8 Å². The molecule has 0 spiro atoms. The number of hydrogen-bond acceptors (Lipinski definition) is 3. The molecule has 0 radical (unpaired) electrons. The zero-order valence-corrected chi connectivity index (χ0v) is 13.4. The number of halogens is 2. The molecule has 1 aromatic carbocycles. The minimum absolute atomic E-state index is 0.144. The van der Waals surface area contributed by atoms with Crippen LogP contribution in [-0.2, 0) is 7.05 Å². The number of hydrogen-bond donors (Lipinski definition) is 1. The highest BCUT2D eigenvalue weighted by atomic mass is 79.9. The molecular formula is C15H11BrClN3O. The predicted molar refractivity (Wildman–Crippen MR) is 87.7 cm³/mol. The van der Waals surface area contributed by atoms with E-state index in [0.29, 0.717) is 33.0 Å². The zero-order chi connectivity index (χ0) is 15.1. The molecule has 21 heavy (non-hydrogen) atoms. The maximum Gasteiger partial charge on any atom is 0.195 e. The van der Waals surface area contributed by atoms with Crippen LogP contribution in [0.15, 0.2) is 41.0 Å². The van der Waals surface area contributed by atoms with Crippen molar-refractivity contribution in [3.63, 3.8) is 0 Å². The number of fused-ring (bicyclic) bond motifs is 1. The molecule has 2 N–H and O–H groups in total. The van der Waals surface area contributed by atoms with E-state index in [1.165, 1.54) is 6.20 Å². The van der Waals surface area contributed by atoms with E-state index in [-0.39, 0.29) is 5.78 Å². The van der Waals surface area contributed by atoms with E-state index >= 15 is 0 Å². The topological polar surface area (TPSA) is 60.9 Å². The summed E-state index contributed by atoms with van der Waals surface area (Å²) in [6.45, 7) is 0. The van der Waals surface area contributed by atoms with Gasteiger partial charge in [-0.1, -0.05) is 27.5 Å². The number of nitrogens with two attached hydrogens (primary N) is 1. The Kier molecular flexibility index (Phi) is 3.47. The quantitative estimate of drug-likeness (QED) is 0.704. The number of aromatic nitrogens is 2. The number of aryl methyl sites for hydroxylation is 1. The van der Waals surface area contributed by atoms with Crippen molar-refractivity contribution in [2.24, 2.45) is 7.05 Å². The Morgan fingerprint density at radius 3 is 2.67 bits per heavy atom. The van der Waals surface area contributed by atoms with E-state index in [9.17, 15) is 4.79 Å². The molecule has 2 aromatic heterocycles. The highest BCUT2D eigenvalue weighted by Crippen LogP contribution is 2.29. The smallest absolute Gasteiger partial charge is 0.195 e. The van der Waals surface area contributed by atoms with Crippen LogP contribution in [0.3, 0.4) is 0 Å². The lowest BCUT2D eigenvalue weighted by Crippen LogP contribution is -2.07. The van der Waals surface area contributed by atoms with Gasteiger partial charge in [-0.3, -0.25) is 4.79 Å². The van der Waals surface area contributed by atoms with Gasteiger partial charge in [-0.15, -0.1) is 0 Å². The van der Waals surface area contributed by atoms with Crippen molar-refractivity contribution in [2.45, 2.75) is 0 Å². The molecule has 0 aliphatic carbocycles. The Labute approximate surface area is 134 Å². The van der Waals surface area contributed by atoms with Crippen LogP contribution in [0.2, 0.25) is 5.15 Å². The average Bonchev–Trinajstić information content (AvgIpc) is 2.74. The Morgan fingerprint density at radius 1 is 1.33 bits per heavy atom. The summed E-state index contributed by atoms with van der Waals surface area (Å²) >= 11 is 9.46. The molecule has 0 amide bonds. The van der Waals surface area contributed by atoms with Gasteiger partial charge >= 0.3 is 0 Å². The molecule has 6 heteroatoms. The van der Waals surface area contributed by atoms with Crippen LogP contribution >= 0.6 is 27.5 Å². The Hall–Kier alpha value is -1.85. The summed E-state index contributed by atoms with van der Waals surface area (Å²) in [5.74, 6) is -0.144. The van der Waals surface area contributed by atoms with Crippen molar-refractivity contribution in [1.82, 2.24) is 9.55 Å². The lowest BCUT2D eigenvalue weighted by atomic mass is 10.0. The molecule has 0 saturated carbocycles. The van der Waals surface area contributed by atoms with E-state index < -0.39 is 0 Å². The van der Waals surface area contributed by atoms with Crippen molar-refractivity contribution in [3.05, 3.63) is 57.3 Å². The SMILES string of the molecule is Cn1c(Cl)cc2c(C(=O)c3ccc(Br)cc3)c(N)cnc21. The second kappa shape index (κ2) is 5.16. The largest absolute Gasteiger partial charge is 0.397 e. The number of carbonyl (C=O) groups is 1. The van der Waals surface area contributed by atoms with E-state index in [2.05, 4.69) is 20.9 Å². The number of rotatable bonds is 2. The molecular weight excluding hydrogens is 354 g/mol. The van der Waals surface area contributed by atoms with Crippen LogP contribution in [-0.4, -0.2) is 15.3 Å². The van der Waals surface area contributed by atoms with Crippen LogP contribution in [0.4, 0.5) is 5.69 Å². The Bertz CT molecular complexity index is 855. The molecule has 3 rings (SSSR count). The molecule has 2 heterocycles. The van der Waals surface area contributed by atoms with Gasteiger partial charge in [0.15, 0.2) is 5.78 Å². The number of ketones is 1. The third-order valence-corrected chi connectivity index (χ3v) is 4.25. The van der Waals surface area contributed by atoms with Gasteiger partial charge in [0, 0.05) is 22.5 Å². The summed E-state index contributed by atoms with van der Waals surface area (Å²) in [5.41, 5.74) is 7.95. The number of anilines is 1. The second-order valence-corrected chi connectivity index (χ2v) is 5.99. The molecule has 0 bridgehead atoms. The van der Waals surface area contributed by atoms with Gasteiger partial charge in [0.25, 0.3) is 0 Å². The van der Waals surface area contributed by atoms with Crippen molar-refractivity contribution in [3.8, 4) is 0 Å². The van der Waals surface area contributed by atoms with E-state index in [0.717, 1.165) is 4.47 Å². The number of nitrogen functional groups attached to an aromatic ring is 1. The molecule has 3 aromatic rings. The third-order valence-electron chi connectivity index (χ3n) is 3.36. The van der Waals surface area contributed by atoms with Crippen molar-refractivity contribution < 1.29 is 4.79 Å². The first-order chi connectivity index (χ1) is 9.99. The van der Waals surface area contributed by atoms with Gasteiger partial charge in [0.2, 0.25) is 0 Å². The van der Waals surface area contributed by atoms with Crippen LogP contribution in [0, 0.1) is 0 Å². The Balaban J connectivity index is 2.24. The normalized spacial score (nSPS) is 11.0. The standard InChI is InChI=1S/C15H11BrClN3O/c1-20-12(17)6-10-13(11(18)7-19-15(10)20)14(21)8-2-4-9(16)5-3-8/h2-7H,18H2,1H3. The van der Waals surface area contributed by atoms with Crippen LogP contribution < -0.4 is 5.73 Å². The molecule has 0 aliphatic rings. The van der Waals surface area contributed by atoms with Crippen LogP contribution in [0.5, 0.6) is 0 Å². The molecule has 0 aliphatic heterocycles. The fourth-order valence-electron chi connectivity index (χ4n) is 2.25.